The van der Waals surface area contributed by atoms with Crippen molar-refractivity contribution < 1.29 is 13.2 Å². The minimum absolute atomic E-state index is 0.318. The van der Waals surface area contributed by atoms with Gasteiger partial charge in [0, 0.05) is 24.9 Å². The van der Waals surface area contributed by atoms with Gasteiger partial charge >= 0.3 is 0 Å². The highest BCUT2D eigenvalue weighted by molar-refractivity contribution is 7.90. The normalized spacial score (nSPS) is 14.4. The Balaban J connectivity index is 1.64. The zero-order valence-corrected chi connectivity index (χ0v) is 18.8. The first-order chi connectivity index (χ1) is 14.3. The van der Waals surface area contributed by atoms with E-state index in [4.69, 9.17) is 4.74 Å². The van der Waals surface area contributed by atoms with Crippen LogP contribution in [0.25, 0.3) is 0 Å². The van der Waals surface area contributed by atoms with Crippen LogP contribution in [0.5, 0.6) is 5.75 Å². The summed E-state index contributed by atoms with van der Waals surface area (Å²) in [6.45, 7) is 6.69. The highest BCUT2D eigenvalue weighted by Crippen LogP contribution is 2.30. The maximum Gasteiger partial charge on any atom is 0.191 e. The second kappa shape index (κ2) is 9.98. The molecule has 0 heterocycles. The van der Waals surface area contributed by atoms with Crippen molar-refractivity contribution in [3.63, 3.8) is 0 Å². The molecule has 1 saturated carbocycles. The molecule has 0 amide bonds. The number of nitrogens with one attached hydrogen (secondary N) is 2. The lowest BCUT2D eigenvalue weighted by Crippen LogP contribution is -2.36. The lowest BCUT2D eigenvalue weighted by molar-refractivity contribution is 0.296. The summed E-state index contributed by atoms with van der Waals surface area (Å²) in [5, 5.41) is 6.62. The van der Waals surface area contributed by atoms with Gasteiger partial charge < -0.3 is 15.4 Å². The van der Waals surface area contributed by atoms with E-state index >= 15 is 0 Å². The molecule has 0 bridgehead atoms. The van der Waals surface area contributed by atoms with Gasteiger partial charge in [0.05, 0.1) is 18.0 Å². The molecule has 7 heteroatoms. The third-order valence-corrected chi connectivity index (χ3v) is 6.08. The largest absolute Gasteiger partial charge is 0.493 e. The van der Waals surface area contributed by atoms with Crippen LogP contribution in [-0.4, -0.2) is 33.8 Å². The average molecular weight is 430 g/mol. The summed E-state index contributed by atoms with van der Waals surface area (Å²) < 4.78 is 29.2. The van der Waals surface area contributed by atoms with Crippen molar-refractivity contribution >= 4 is 15.8 Å². The molecule has 0 saturated heterocycles. The van der Waals surface area contributed by atoms with Crippen LogP contribution < -0.4 is 15.4 Å². The van der Waals surface area contributed by atoms with Gasteiger partial charge in [-0.2, -0.15) is 0 Å². The Morgan fingerprint density at radius 2 is 1.87 bits per heavy atom. The second-order valence-electron chi connectivity index (χ2n) is 7.83. The Morgan fingerprint density at radius 1 is 1.13 bits per heavy atom. The molecule has 3 rings (SSSR count). The van der Waals surface area contributed by atoms with E-state index < -0.39 is 9.84 Å². The first-order valence-electron chi connectivity index (χ1n) is 10.4. The molecule has 0 radical (unpaired) electrons. The number of nitrogens with zero attached hydrogens (tertiary/aromatic N) is 1. The van der Waals surface area contributed by atoms with Gasteiger partial charge in [0.1, 0.15) is 5.75 Å². The Labute approximate surface area is 179 Å². The van der Waals surface area contributed by atoms with E-state index in [1.54, 1.807) is 24.3 Å². The molecule has 0 aliphatic heterocycles. The van der Waals surface area contributed by atoms with E-state index in [9.17, 15) is 8.42 Å². The van der Waals surface area contributed by atoms with Crippen LogP contribution in [0.15, 0.2) is 52.4 Å². The Morgan fingerprint density at radius 3 is 2.50 bits per heavy atom. The number of hydrogen-bond donors (Lipinski definition) is 2. The van der Waals surface area contributed by atoms with E-state index in [2.05, 4.69) is 40.7 Å². The van der Waals surface area contributed by atoms with E-state index in [0.29, 0.717) is 29.9 Å². The van der Waals surface area contributed by atoms with E-state index in [1.807, 2.05) is 6.92 Å². The topological polar surface area (TPSA) is 79.8 Å². The zero-order chi connectivity index (χ0) is 21.6. The summed E-state index contributed by atoms with van der Waals surface area (Å²) in [4.78, 5) is 4.94. The fourth-order valence-electron chi connectivity index (χ4n) is 2.97. The lowest BCUT2D eigenvalue weighted by Gasteiger charge is -2.15. The maximum absolute atomic E-state index is 11.6. The van der Waals surface area contributed by atoms with Gasteiger partial charge in [0.15, 0.2) is 15.8 Å². The van der Waals surface area contributed by atoms with Crippen LogP contribution in [0.4, 0.5) is 0 Å². The number of benzene rings is 2. The molecule has 1 aliphatic rings. The number of sulfone groups is 1. The third-order valence-electron chi connectivity index (χ3n) is 4.96. The molecule has 0 spiro atoms. The highest BCUT2D eigenvalue weighted by atomic mass is 32.2. The number of aryl methyl sites for hydroxylation is 1. The summed E-state index contributed by atoms with van der Waals surface area (Å²) in [5.41, 5.74) is 3.23. The number of guanidine groups is 1. The van der Waals surface area contributed by atoms with Crippen molar-refractivity contribution in [1.29, 1.82) is 0 Å². The fourth-order valence-corrected chi connectivity index (χ4v) is 3.60. The van der Waals surface area contributed by atoms with Crippen molar-refractivity contribution in [3.05, 3.63) is 59.2 Å². The molecule has 1 fully saturated rings. The number of aliphatic imine (C=N–C) groups is 1. The molecule has 162 valence electrons. The smallest absolute Gasteiger partial charge is 0.191 e. The van der Waals surface area contributed by atoms with E-state index in [1.165, 1.54) is 24.7 Å². The molecule has 0 unspecified atom stereocenters. The standard InChI is InChI=1S/C23H31N3O3S/c1-4-24-23(25-14-18-8-11-21(12-9-18)30(3,27)28)26-15-20-10-5-17(2)13-22(20)29-16-19-6-7-19/h5,8-13,19H,4,6-7,14-16H2,1-3H3,(H2,24,25,26). The summed E-state index contributed by atoms with van der Waals surface area (Å²) in [7, 11) is -3.18. The van der Waals surface area contributed by atoms with Gasteiger partial charge in [-0.05, 0) is 61.9 Å². The number of hydrogen-bond acceptors (Lipinski definition) is 4. The number of rotatable bonds is 9. The van der Waals surface area contributed by atoms with Gasteiger partial charge in [-0.3, -0.25) is 0 Å². The lowest BCUT2D eigenvalue weighted by atomic mass is 10.1. The minimum atomic E-state index is -3.18. The van der Waals surface area contributed by atoms with Crippen molar-refractivity contribution in [1.82, 2.24) is 10.6 Å². The molecule has 2 N–H and O–H groups in total. The average Bonchev–Trinajstić information content (AvgIpc) is 3.53. The van der Waals surface area contributed by atoms with Crippen molar-refractivity contribution in [2.75, 3.05) is 19.4 Å². The SMILES string of the molecule is CCNC(=NCc1ccc(S(C)(=O)=O)cc1)NCc1ccc(C)cc1OCC1CC1. The molecule has 30 heavy (non-hydrogen) atoms. The van der Waals surface area contributed by atoms with Crippen molar-refractivity contribution in [2.45, 2.75) is 44.7 Å². The van der Waals surface area contributed by atoms with Gasteiger partial charge in [-0.15, -0.1) is 0 Å². The monoisotopic (exact) mass is 429 g/mol. The minimum Gasteiger partial charge on any atom is -0.493 e. The fraction of sp³-hybridized carbons (Fsp3) is 0.435. The second-order valence-corrected chi connectivity index (χ2v) is 9.85. The van der Waals surface area contributed by atoms with E-state index in [0.717, 1.165) is 30.0 Å². The summed E-state index contributed by atoms with van der Waals surface area (Å²) in [6, 6.07) is 13.1. The van der Waals surface area contributed by atoms with Crippen LogP contribution in [0.2, 0.25) is 0 Å². The Bertz CT molecular complexity index is 981. The van der Waals surface area contributed by atoms with Gasteiger partial charge in [0.25, 0.3) is 0 Å². The van der Waals surface area contributed by atoms with Gasteiger partial charge in [0.2, 0.25) is 0 Å². The van der Waals surface area contributed by atoms with Crippen LogP contribution >= 0.6 is 0 Å². The zero-order valence-electron chi connectivity index (χ0n) is 17.9. The van der Waals surface area contributed by atoms with Crippen LogP contribution in [0.3, 0.4) is 0 Å². The van der Waals surface area contributed by atoms with Crippen molar-refractivity contribution in [3.8, 4) is 5.75 Å². The number of ether oxygens (including phenoxy) is 1. The van der Waals surface area contributed by atoms with Crippen molar-refractivity contribution in [2.24, 2.45) is 10.9 Å². The summed E-state index contributed by atoms with van der Waals surface area (Å²) in [5.74, 6) is 2.35. The predicted molar refractivity (Wildman–Crippen MR) is 121 cm³/mol. The summed E-state index contributed by atoms with van der Waals surface area (Å²) in [6.07, 6.45) is 3.74. The van der Waals surface area contributed by atoms with Crippen LogP contribution in [0, 0.1) is 12.8 Å². The summed E-state index contributed by atoms with van der Waals surface area (Å²) >= 11 is 0. The van der Waals surface area contributed by atoms with Crippen LogP contribution in [-0.2, 0) is 22.9 Å². The molecular weight excluding hydrogens is 398 g/mol. The quantitative estimate of drug-likeness (QED) is 0.471. The molecule has 1 aliphatic carbocycles. The first-order valence-corrected chi connectivity index (χ1v) is 12.3. The van der Waals surface area contributed by atoms with Gasteiger partial charge in [-0.1, -0.05) is 24.3 Å². The Hall–Kier alpha value is -2.54. The van der Waals surface area contributed by atoms with E-state index in [-0.39, 0.29) is 0 Å². The molecule has 2 aromatic rings. The molecule has 0 aromatic heterocycles. The third kappa shape index (κ3) is 6.76. The first kappa shape index (κ1) is 22.2. The molecule has 2 aromatic carbocycles. The Kier molecular flexibility index (Phi) is 7.37. The molecule has 6 nitrogen and oxygen atoms in total. The predicted octanol–water partition coefficient (Wildman–Crippen LogP) is 3.44. The van der Waals surface area contributed by atoms with Gasteiger partial charge in [-0.25, -0.2) is 13.4 Å². The maximum atomic E-state index is 11.6. The van der Waals surface area contributed by atoms with Crippen LogP contribution in [0.1, 0.15) is 36.5 Å². The molecule has 0 atom stereocenters. The highest BCUT2D eigenvalue weighted by Gasteiger charge is 2.22. The molecular formula is C23H31N3O3S.